The lowest BCUT2D eigenvalue weighted by Crippen LogP contribution is -2.38. The van der Waals surface area contributed by atoms with Gasteiger partial charge in [0.25, 0.3) is 0 Å². The van der Waals surface area contributed by atoms with Gasteiger partial charge in [0.1, 0.15) is 5.75 Å². The van der Waals surface area contributed by atoms with Crippen molar-refractivity contribution in [3.8, 4) is 5.75 Å². The van der Waals surface area contributed by atoms with E-state index in [1.54, 1.807) is 12.1 Å². The van der Waals surface area contributed by atoms with E-state index in [-0.39, 0.29) is 17.5 Å². The normalized spacial score (nSPS) is 12.4. The number of ether oxygens (including phenoxy) is 1. The summed E-state index contributed by atoms with van der Waals surface area (Å²) in [4.78, 5) is 12.0. The summed E-state index contributed by atoms with van der Waals surface area (Å²) in [5, 5.41) is 2.75. The lowest BCUT2D eigenvalue weighted by atomic mass is 10.1. The molecule has 0 unspecified atom stereocenters. The standard InChI is InChI=1S/C17H20N2O4S/c1-13(14-6-4-3-5-7-14)19-17(20)12-18-24(21,22)16-10-8-15(23-2)9-11-16/h3-11,13,18H,12H2,1-2H3,(H,19,20)/t13-/m0/s1. The van der Waals surface area contributed by atoms with Crippen molar-refractivity contribution in [2.45, 2.75) is 17.9 Å². The van der Waals surface area contributed by atoms with Gasteiger partial charge >= 0.3 is 0 Å². The van der Waals surface area contributed by atoms with E-state index in [0.717, 1.165) is 5.56 Å². The van der Waals surface area contributed by atoms with Crippen LogP contribution < -0.4 is 14.8 Å². The number of carbonyl (C=O) groups excluding carboxylic acids is 1. The molecule has 0 aliphatic heterocycles. The second-order valence-corrected chi connectivity index (χ2v) is 6.97. The molecule has 0 bridgehead atoms. The lowest BCUT2D eigenvalue weighted by molar-refractivity contribution is -0.120. The van der Waals surface area contributed by atoms with Crippen molar-refractivity contribution in [1.29, 1.82) is 0 Å². The van der Waals surface area contributed by atoms with Crippen LogP contribution in [0.15, 0.2) is 59.5 Å². The third kappa shape index (κ3) is 4.81. The quantitative estimate of drug-likeness (QED) is 0.800. The molecule has 7 heteroatoms. The molecule has 2 N–H and O–H groups in total. The predicted octanol–water partition coefficient (Wildman–Crippen LogP) is 1.85. The minimum Gasteiger partial charge on any atom is -0.497 e. The maximum atomic E-state index is 12.2. The monoisotopic (exact) mass is 348 g/mol. The molecule has 0 radical (unpaired) electrons. The molecule has 0 saturated carbocycles. The number of rotatable bonds is 7. The van der Waals surface area contributed by atoms with E-state index in [4.69, 9.17) is 4.74 Å². The van der Waals surface area contributed by atoms with E-state index < -0.39 is 15.9 Å². The molecule has 24 heavy (non-hydrogen) atoms. The van der Waals surface area contributed by atoms with Gasteiger partial charge in [-0.1, -0.05) is 30.3 Å². The Labute approximate surface area is 141 Å². The summed E-state index contributed by atoms with van der Waals surface area (Å²) in [6.07, 6.45) is 0. The van der Waals surface area contributed by atoms with Gasteiger partial charge in [0.2, 0.25) is 15.9 Å². The third-order valence-electron chi connectivity index (χ3n) is 3.47. The van der Waals surface area contributed by atoms with E-state index in [0.29, 0.717) is 5.75 Å². The summed E-state index contributed by atoms with van der Waals surface area (Å²) >= 11 is 0. The molecule has 0 spiro atoms. The number of carbonyl (C=O) groups is 1. The maximum absolute atomic E-state index is 12.2. The molecule has 6 nitrogen and oxygen atoms in total. The average Bonchev–Trinajstić information content (AvgIpc) is 2.61. The molecule has 0 aliphatic rings. The van der Waals surface area contributed by atoms with Gasteiger partial charge in [-0.15, -0.1) is 0 Å². The summed E-state index contributed by atoms with van der Waals surface area (Å²) in [6.45, 7) is 1.51. The van der Waals surface area contributed by atoms with Gasteiger partial charge < -0.3 is 10.1 Å². The zero-order chi connectivity index (χ0) is 17.6. The lowest BCUT2D eigenvalue weighted by Gasteiger charge is -2.14. The largest absolute Gasteiger partial charge is 0.497 e. The van der Waals surface area contributed by atoms with Gasteiger partial charge in [-0.05, 0) is 36.8 Å². The molecular formula is C17H20N2O4S. The Morgan fingerprint density at radius 1 is 1.08 bits per heavy atom. The fourth-order valence-corrected chi connectivity index (χ4v) is 3.10. The molecule has 2 aromatic carbocycles. The molecule has 0 aromatic heterocycles. The van der Waals surface area contributed by atoms with Crippen molar-refractivity contribution >= 4 is 15.9 Å². The second kappa shape index (κ2) is 7.94. The number of benzene rings is 2. The topological polar surface area (TPSA) is 84.5 Å². The van der Waals surface area contributed by atoms with E-state index in [1.807, 2.05) is 37.3 Å². The Morgan fingerprint density at radius 2 is 1.71 bits per heavy atom. The van der Waals surface area contributed by atoms with Crippen LogP contribution in [-0.4, -0.2) is 28.0 Å². The maximum Gasteiger partial charge on any atom is 0.241 e. The Bertz CT molecular complexity index is 774. The van der Waals surface area contributed by atoms with Gasteiger partial charge in [0.05, 0.1) is 24.6 Å². The van der Waals surface area contributed by atoms with Gasteiger partial charge in [0, 0.05) is 0 Å². The first-order valence-electron chi connectivity index (χ1n) is 7.40. The summed E-state index contributed by atoms with van der Waals surface area (Å²) < 4.78 is 31.6. The Hall–Kier alpha value is -2.38. The van der Waals surface area contributed by atoms with Crippen LogP contribution in [-0.2, 0) is 14.8 Å². The zero-order valence-corrected chi connectivity index (χ0v) is 14.3. The molecule has 0 fully saturated rings. The molecule has 0 heterocycles. The van der Waals surface area contributed by atoms with Crippen molar-refractivity contribution in [2.75, 3.05) is 13.7 Å². The van der Waals surface area contributed by atoms with Crippen LogP contribution in [0.2, 0.25) is 0 Å². The van der Waals surface area contributed by atoms with Crippen LogP contribution in [0, 0.1) is 0 Å². The van der Waals surface area contributed by atoms with E-state index >= 15 is 0 Å². The molecular weight excluding hydrogens is 328 g/mol. The van der Waals surface area contributed by atoms with Crippen LogP contribution >= 0.6 is 0 Å². The first-order chi connectivity index (χ1) is 11.4. The minimum absolute atomic E-state index is 0.0761. The van der Waals surface area contributed by atoms with Crippen molar-refractivity contribution in [3.05, 3.63) is 60.2 Å². The number of amides is 1. The molecule has 2 aromatic rings. The van der Waals surface area contributed by atoms with Crippen LogP contribution in [0.4, 0.5) is 0 Å². The Morgan fingerprint density at radius 3 is 2.29 bits per heavy atom. The van der Waals surface area contributed by atoms with E-state index in [2.05, 4.69) is 10.0 Å². The molecule has 0 aliphatic carbocycles. The fraction of sp³-hybridized carbons (Fsp3) is 0.235. The van der Waals surface area contributed by atoms with Crippen LogP contribution in [0.3, 0.4) is 0 Å². The highest BCUT2D eigenvalue weighted by molar-refractivity contribution is 7.89. The summed E-state index contributed by atoms with van der Waals surface area (Å²) in [6, 6.07) is 15.2. The van der Waals surface area contributed by atoms with Crippen LogP contribution in [0.25, 0.3) is 0 Å². The van der Waals surface area contributed by atoms with Gasteiger partial charge in [0.15, 0.2) is 0 Å². The highest BCUT2D eigenvalue weighted by atomic mass is 32.2. The van der Waals surface area contributed by atoms with E-state index in [1.165, 1.54) is 19.2 Å². The van der Waals surface area contributed by atoms with E-state index in [9.17, 15) is 13.2 Å². The second-order valence-electron chi connectivity index (χ2n) is 5.20. The smallest absolute Gasteiger partial charge is 0.241 e. The number of sulfonamides is 1. The number of hydrogen-bond acceptors (Lipinski definition) is 4. The summed E-state index contributed by atoms with van der Waals surface area (Å²) in [5.74, 6) is 0.159. The highest BCUT2D eigenvalue weighted by Crippen LogP contribution is 2.15. The molecule has 1 atom stereocenters. The number of hydrogen-bond donors (Lipinski definition) is 2. The highest BCUT2D eigenvalue weighted by Gasteiger charge is 2.16. The van der Waals surface area contributed by atoms with Crippen molar-refractivity contribution < 1.29 is 17.9 Å². The van der Waals surface area contributed by atoms with Gasteiger partial charge in [-0.3, -0.25) is 4.79 Å². The molecule has 0 saturated heterocycles. The zero-order valence-electron chi connectivity index (χ0n) is 13.5. The van der Waals surface area contributed by atoms with Gasteiger partial charge in [-0.25, -0.2) is 13.1 Å². The van der Waals surface area contributed by atoms with Gasteiger partial charge in [-0.2, -0.15) is 0 Å². The summed E-state index contributed by atoms with van der Waals surface area (Å²) in [7, 11) is -2.25. The van der Waals surface area contributed by atoms with Crippen molar-refractivity contribution in [3.63, 3.8) is 0 Å². The third-order valence-corrected chi connectivity index (χ3v) is 4.89. The first kappa shape index (κ1) is 18.0. The minimum atomic E-state index is -3.75. The average molecular weight is 348 g/mol. The predicted molar refractivity (Wildman–Crippen MR) is 91.2 cm³/mol. The molecule has 128 valence electrons. The Balaban J connectivity index is 1.92. The van der Waals surface area contributed by atoms with Crippen LogP contribution in [0.1, 0.15) is 18.5 Å². The number of methoxy groups -OCH3 is 1. The SMILES string of the molecule is COc1ccc(S(=O)(=O)NCC(=O)N[C@@H](C)c2ccccc2)cc1. The fourth-order valence-electron chi connectivity index (χ4n) is 2.12. The molecule has 1 amide bonds. The number of nitrogens with one attached hydrogen (secondary N) is 2. The van der Waals surface area contributed by atoms with Crippen molar-refractivity contribution in [2.24, 2.45) is 0 Å². The summed E-state index contributed by atoms with van der Waals surface area (Å²) in [5.41, 5.74) is 0.948. The molecule has 2 rings (SSSR count). The first-order valence-corrected chi connectivity index (χ1v) is 8.89. The van der Waals surface area contributed by atoms with Crippen molar-refractivity contribution in [1.82, 2.24) is 10.0 Å². The Kier molecular flexibility index (Phi) is 5.94. The van der Waals surface area contributed by atoms with Crippen LogP contribution in [0.5, 0.6) is 5.75 Å².